The zero-order valence-corrected chi connectivity index (χ0v) is 17.4. The third kappa shape index (κ3) is 5.75. The molecular formula is C20H28N6O3. The molecule has 2 aromatic rings. The Kier molecular flexibility index (Phi) is 6.14. The molecular weight excluding hydrogens is 372 g/mol. The predicted molar refractivity (Wildman–Crippen MR) is 108 cm³/mol. The van der Waals surface area contributed by atoms with Crippen LogP contribution in [0.15, 0.2) is 24.3 Å². The number of carbonyl (C=O) groups excluding carboxylic acids is 2. The summed E-state index contributed by atoms with van der Waals surface area (Å²) in [7, 11) is 1.77. The first-order chi connectivity index (χ1) is 13.7. The van der Waals surface area contributed by atoms with Gasteiger partial charge in [-0.2, -0.15) is 0 Å². The van der Waals surface area contributed by atoms with Gasteiger partial charge in [-0.05, 0) is 62.1 Å². The summed E-state index contributed by atoms with van der Waals surface area (Å²) >= 11 is 0. The van der Waals surface area contributed by atoms with Crippen molar-refractivity contribution in [2.24, 2.45) is 13.0 Å². The highest BCUT2D eigenvalue weighted by atomic mass is 16.6. The number of aromatic nitrogens is 4. The van der Waals surface area contributed by atoms with Crippen molar-refractivity contribution in [3.63, 3.8) is 0 Å². The first-order valence-electron chi connectivity index (χ1n) is 9.82. The minimum absolute atomic E-state index is 0.0334. The van der Waals surface area contributed by atoms with E-state index in [9.17, 15) is 9.59 Å². The van der Waals surface area contributed by atoms with Crippen LogP contribution >= 0.6 is 0 Å². The summed E-state index contributed by atoms with van der Waals surface area (Å²) in [4.78, 5) is 26.4. The van der Waals surface area contributed by atoms with Gasteiger partial charge in [0, 0.05) is 37.8 Å². The van der Waals surface area contributed by atoms with E-state index in [1.807, 2.05) is 45.0 Å². The Morgan fingerprint density at radius 2 is 1.97 bits per heavy atom. The van der Waals surface area contributed by atoms with Gasteiger partial charge in [0.25, 0.3) is 0 Å². The van der Waals surface area contributed by atoms with Crippen LogP contribution in [0.3, 0.4) is 0 Å². The average molecular weight is 400 g/mol. The molecule has 3 rings (SSSR count). The Morgan fingerprint density at radius 1 is 1.24 bits per heavy atom. The molecule has 1 aliphatic heterocycles. The van der Waals surface area contributed by atoms with E-state index in [-0.39, 0.29) is 17.9 Å². The predicted octanol–water partition coefficient (Wildman–Crippen LogP) is 2.85. The molecule has 1 saturated heterocycles. The van der Waals surface area contributed by atoms with Crippen molar-refractivity contribution in [2.45, 2.75) is 45.6 Å². The van der Waals surface area contributed by atoms with E-state index in [2.05, 4.69) is 20.8 Å². The van der Waals surface area contributed by atoms with Crippen LogP contribution < -0.4 is 5.32 Å². The molecule has 29 heavy (non-hydrogen) atoms. The minimum Gasteiger partial charge on any atom is -0.444 e. The molecule has 0 unspecified atom stereocenters. The summed E-state index contributed by atoms with van der Waals surface area (Å²) in [6, 6.07) is 7.46. The third-order valence-electron chi connectivity index (χ3n) is 4.76. The average Bonchev–Trinajstić information content (AvgIpc) is 3.07. The standard InChI is InChI=1S/C20H28N6O3/c1-20(2,3)29-19(28)26-10-8-14(9-11-26)12-17(27)21-16-7-5-6-15(13-16)18-22-23-24-25(18)4/h5-7,13-14H,8-12H2,1-4H3,(H,21,27). The molecule has 1 aliphatic rings. The van der Waals surface area contributed by atoms with Gasteiger partial charge in [0.15, 0.2) is 5.82 Å². The Hall–Kier alpha value is -2.97. The van der Waals surface area contributed by atoms with Crippen molar-refractivity contribution in [1.29, 1.82) is 0 Å². The lowest BCUT2D eigenvalue weighted by Crippen LogP contribution is -2.42. The molecule has 9 heteroatoms. The van der Waals surface area contributed by atoms with Crippen LogP contribution in [0.1, 0.15) is 40.0 Å². The van der Waals surface area contributed by atoms with E-state index in [0.29, 0.717) is 31.0 Å². The smallest absolute Gasteiger partial charge is 0.410 e. The molecule has 9 nitrogen and oxygen atoms in total. The second-order valence-electron chi connectivity index (χ2n) is 8.37. The van der Waals surface area contributed by atoms with Gasteiger partial charge < -0.3 is 15.0 Å². The van der Waals surface area contributed by atoms with Crippen molar-refractivity contribution in [3.05, 3.63) is 24.3 Å². The Morgan fingerprint density at radius 3 is 2.59 bits per heavy atom. The second-order valence-corrected chi connectivity index (χ2v) is 8.37. The fourth-order valence-electron chi connectivity index (χ4n) is 3.33. The molecule has 1 N–H and O–H groups in total. The topological polar surface area (TPSA) is 102 Å². The number of ether oxygens (including phenoxy) is 1. The van der Waals surface area contributed by atoms with Crippen molar-refractivity contribution in [1.82, 2.24) is 25.1 Å². The van der Waals surface area contributed by atoms with E-state index in [1.54, 1.807) is 16.6 Å². The summed E-state index contributed by atoms with van der Waals surface area (Å²) in [6.07, 6.45) is 1.72. The lowest BCUT2D eigenvalue weighted by molar-refractivity contribution is -0.117. The quantitative estimate of drug-likeness (QED) is 0.847. The van der Waals surface area contributed by atoms with E-state index in [0.717, 1.165) is 18.4 Å². The maximum Gasteiger partial charge on any atom is 0.410 e. The minimum atomic E-state index is -0.497. The second kappa shape index (κ2) is 8.59. The van der Waals surface area contributed by atoms with Crippen LogP contribution in [0.5, 0.6) is 0 Å². The normalized spacial score (nSPS) is 15.2. The number of aryl methyl sites for hydroxylation is 1. The number of tetrazole rings is 1. The van der Waals surface area contributed by atoms with Crippen LogP contribution in [0.2, 0.25) is 0 Å². The van der Waals surface area contributed by atoms with Crippen molar-refractivity contribution in [3.8, 4) is 11.4 Å². The number of likely N-dealkylation sites (tertiary alicyclic amines) is 1. The molecule has 156 valence electrons. The molecule has 0 saturated carbocycles. The van der Waals surface area contributed by atoms with Gasteiger partial charge in [0.1, 0.15) is 5.60 Å². The van der Waals surface area contributed by atoms with Crippen molar-refractivity contribution in [2.75, 3.05) is 18.4 Å². The zero-order chi connectivity index (χ0) is 21.0. The number of piperidine rings is 1. The van der Waals surface area contributed by atoms with Gasteiger partial charge in [-0.1, -0.05) is 12.1 Å². The van der Waals surface area contributed by atoms with Crippen molar-refractivity contribution < 1.29 is 14.3 Å². The molecule has 0 spiro atoms. The summed E-state index contributed by atoms with van der Waals surface area (Å²) in [5, 5.41) is 14.4. The van der Waals surface area contributed by atoms with Gasteiger partial charge in [0.2, 0.25) is 5.91 Å². The molecule has 1 fully saturated rings. The molecule has 2 amide bonds. The number of carbonyl (C=O) groups is 2. The van der Waals surface area contributed by atoms with Crippen molar-refractivity contribution >= 4 is 17.7 Å². The molecule has 0 bridgehead atoms. The fourth-order valence-corrected chi connectivity index (χ4v) is 3.33. The Balaban J connectivity index is 1.50. The number of hydrogen-bond acceptors (Lipinski definition) is 6. The SMILES string of the molecule is Cn1nnnc1-c1cccc(NC(=O)CC2CCN(C(=O)OC(C)(C)C)CC2)c1. The van der Waals surface area contributed by atoms with Gasteiger partial charge in [0.05, 0.1) is 0 Å². The van der Waals surface area contributed by atoms with Gasteiger partial charge >= 0.3 is 6.09 Å². The Bertz CT molecular complexity index is 865. The lowest BCUT2D eigenvalue weighted by atomic mass is 9.93. The number of nitrogens with one attached hydrogen (secondary N) is 1. The highest BCUT2D eigenvalue weighted by molar-refractivity contribution is 5.91. The third-order valence-corrected chi connectivity index (χ3v) is 4.76. The lowest BCUT2D eigenvalue weighted by Gasteiger charge is -2.33. The number of nitrogens with zero attached hydrogens (tertiary/aromatic N) is 5. The summed E-state index contributed by atoms with van der Waals surface area (Å²) in [6.45, 7) is 6.80. The van der Waals surface area contributed by atoms with E-state index < -0.39 is 5.60 Å². The van der Waals surface area contributed by atoms with Crippen LogP contribution in [0, 0.1) is 5.92 Å². The number of anilines is 1. The van der Waals surface area contributed by atoms with E-state index in [4.69, 9.17) is 4.74 Å². The summed E-state index contributed by atoms with van der Waals surface area (Å²) in [5.41, 5.74) is 1.05. The summed E-state index contributed by atoms with van der Waals surface area (Å²) in [5.74, 6) is 0.851. The van der Waals surface area contributed by atoms with E-state index >= 15 is 0 Å². The monoisotopic (exact) mass is 400 g/mol. The summed E-state index contributed by atoms with van der Waals surface area (Å²) < 4.78 is 7.00. The number of benzene rings is 1. The maximum absolute atomic E-state index is 12.5. The van der Waals surface area contributed by atoms with Gasteiger partial charge in [-0.3, -0.25) is 4.79 Å². The molecule has 0 atom stereocenters. The van der Waals surface area contributed by atoms with Crippen LogP contribution in [0.4, 0.5) is 10.5 Å². The van der Waals surface area contributed by atoms with Crippen LogP contribution in [-0.4, -0.2) is 55.8 Å². The molecule has 0 aliphatic carbocycles. The fraction of sp³-hybridized carbons (Fsp3) is 0.550. The Labute approximate surface area is 170 Å². The first-order valence-corrected chi connectivity index (χ1v) is 9.82. The van der Waals surface area contributed by atoms with Gasteiger partial charge in [-0.25, -0.2) is 9.48 Å². The highest BCUT2D eigenvalue weighted by Crippen LogP contribution is 2.24. The molecule has 1 aromatic carbocycles. The first kappa shape index (κ1) is 20.8. The molecule has 0 radical (unpaired) electrons. The number of amides is 2. The van der Waals surface area contributed by atoms with E-state index in [1.165, 1.54) is 0 Å². The number of hydrogen-bond donors (Lipinski definition) is 1. The maximum atomic E-state index is 12.5. The largest absolute Gasteiger partial charge is 0.444 e. The zero-order valence-electron chi connectivity index (χ0n) is 17.4. The highest BCUT2D eigenvalue weighted by Gasteiger charge is 2.27. The molecule has 1 aromatic heterocycles. The van der Waals surface area contributed by atoms with Crippen LogP contribution in [-0.2, 0) is 16.6 Å². The van der Waals surface area contributed by atoms with Gasteiger partial charge in [-0.15, -0.1) is 5.10 Å². The van der Waals surface area contributed by atoms with Crippen LogP contribution in [0.25, 0.3) is 11.4 Å². The number of rotatable bonds is 4. The molecule has 2 heterocycles.